The summed E-state index contributed by atoms with van der Waals surface area (Å²) >= 11 is 0. The Morgan fingerprint density at radius 2 is 2.18 bits per heavy atom. The fourth-order valence-corrected chi connectivity index (χ4v) is 2.78. The van der Waals surface area contributed by atoms with Crippen LogP contribution in [0.4, 0.5) is 11.6 Å². The highest BCUT2D eigenvalue weighted by Crippen LogP contribution is 2.28. The number of hydrogen-bond donors (Lipinski definition) is 1. The molecule has 6 heteroatoms. The Balaban J connectivity index is 1.79. The van der Waals surface area contributed by atoms with Gasteiger partial charge in [0.25, 0.3) is 0 Å². The molecule has 0 bridgehead atoms. The molecule has 1 N–H and O–H groups in total. The van der Waals surface area contributed by atoms with Gasteiger partial charge >= 0.3 is 0 Å². The van der Waals surface area contributed by atoms with Crippen molar-refractivity contribution in [2.45, 2.75) is 13.3 Å². The second-order valence-electron chi connectivity index (χ2n) is 5.27. The van der Waals surface area contributed by atoms with E-state index in [1.54, 1.807) is 11.1 Å². The number of fused-ring (bicyclic) bond motifs is 2. The van der Waals surface area contributed by atoms with Gasteiger partial charge in [0.2, 0.25) is 5.91 Å². The molecule has 0 atom stereocenters. The van der Waals surface area contributed by atoms with Gasteiger partial charge in [0.1, 0.15) is 5.69 Å². The van der Waals surface area contributed by atoms with Crippen molar-refractivity contribution in [2.24, 2.45) is 0 Å². The number of likely N-dealkylation sites (N-methyl/N-ethyl adjacent to an activating group) is 1. The Morgan fingerprint density at radius 3 is 3.05 bits per heavy atom. The van der Waals surface area contributed by atoms with Crippen LogP contribution >= 0.6 is 0 Å². The van der Waals surface area contributed by atoms with E-state index >= 15 is 0 Å². The number of hydrogen-bond acceptors (Lipinski definition) is 5. The summed E-state index contributed by atoms with van der Waals surface area (Å²) in [5, 5.41) is 3.00. The molecule has 0 saturated carbocycles. The zero-order valence-corrected chi connectivity index (χ0v) is 12.2. The number of aromatic nitrogens is 3. The molecular weight excluding hydrogens is 278 g/mol. The molecule has 4 rings (SSSR count). The Bertz CT molecular complexity index is 799. The van der Waals surface area contributed by atoms with Gasteiger partial charge in [-0.05, 0) is 31.1 Å². The van der Waals surface area contributed by atoms with E-state index in [9.17, 15) is 4.79 Å². The maximum atomic E-state index is 12.0. The number of nitrogens with zero attached hydrogens (tertiary/aromatic N) is 4. The van der Waals surface area contributed by atoms with E-state index < -0.39 is 0 Å². The first-order chi connectivity index (χ1) is 10.8. The molecule has 110 valence electrons. The van der Waals surface area contributed by atoms with E-state index in [0.717, 1.165) is 17.8 Å². The van der Waals surface area contributed by atoms with Gasteiger partial charge in [-0.25, -0.2) is 15.0 Å². The first-order valence-corrected chi connectivity index (χ1v) is 7.34. The predicted octanol–water partition coefficient (Wildman–Crippen LogP) is 1.89. The number of carbonyl (C=O) groups is 1. The van der Waals surface area contributed by atoms with Crippen LogP contribution in [0.2, 0.25) is 0 Å². The van der Waals surface area contributed by atoms with Gasteiger partial charge in [0, 0.05) is 6.54 Å². The molecule has 0 fully saturated rings. The van der Waals surface area contributed by atoms with Crippen molar-refractivity contribution in [3.63, 3.8) is 0 Å². The number of pyridine rings is 1. The lowest BCUT2D eigenvalue weighted by atomic mass is 10.1. The summed E-state index contributed by atoms with van der Waals surface area (Å²) in [7, 11) is 0. The third kappa shape index (κ3) is 1.95. The van der Waals surface area contributed by atoms with Crippen LogP contribution in [0, 0.1) is 0 Å². The molecular formula is C16H15N5O. The molecule has 1 amide bonds. The molecule has 1 aliphatic heterocycles. The quantitative estimate of drug-likeness (QED) is 0.915. The summed E-state index contributed by atoms with van der Waals surface area (Å²) in [6, 6.07) is 4.02. The summed E-state index contributed by atoms with van der Waals surface area (Å²) in [4.78, 5) is 27.2. The lowest BCUT2D eigenvalue weighted by Crippen LogP contribution is -2.40. The SMILES string of the molecule is CCN1C(=O)CNc2ncc(-c3ccc4c(n3)C=CC4)nc21. The Hall–Kier alpha value is -2.76. The van der Waals surface area contributed by atoms with Gasteiger partial charge in [0.15, 0.2) is 11.6 Å². The van der Waals surface area contributed by atoms with E-state index in [1.807, 2.05) is 19.1 Å². The zero-order valence-electron chi connectivity index (χ0n) is 12.2. The molecule has 2 aliphatic rings. The minimum Gasteiger partial charge on any atom is -0.358 e. The summed E-state index contributed by atoms with van der Waals surface area (Å²) in [6.07, 6.45) is 6.75. The summed E-state index contributed by atoms with van der Waals surface area (Å²) in [5.41, 5.74) is 3.66. The fraction of sp³-hybridized carbons (Fsp3) is 0.250. The summed E-state index contributed by atoms with van der Waals surface area (Å²) < 4.78 is 0. The van der Waals surface area contributed by atoms with Crippen LogP contribution in [-0.2, 0) is 11.2 Å². The van der Waals surface area contributed by atoms with Crippen LogP contribution in [0.15, 0.2) is 24.4 Å². The molecule has 0 saturated heterocycles. The molecule has 22 heavy (non-hydrogen) atoms. The molecule has 3 heterocycles. The smallest absolute Gasteiger partial charge is 0.247 e. The Labute approximate surface area is 127 Å². The van der Waals surface area contributed by atoms with E-state index in [2.05, 4.69) is 32.4 Å². The first kappa shape index (κ1) is 12.9. The van der Waals surface area contributed by atoms with Crippen LogP contribution in [-0.4, -0.2) is 33.9 Å². The lowest BCUT2D eigenvalue weighted by Gasteiger charge is -2.27. The van der Waals surface area contributed by atoms with Crippen molar-refractivity contribution in [1.29, 1.82) is 0 Å². The fourth-order valence-electron chi connectivity index (χ4n) is 2.78. The lowest BCUT2D eigenvalue weighted by molar-refractivity contribution is -0.117. The molecule has 0 aromatic carbocycles. The average molecular weight is 293 g/mol. The second-order valence-corrected chi connectivity index (χ2v) is 5.27. The van der Waals surface area contributed by atoms with Crippen LogP contribution in [0.1, 0.15) is 18.2 Å². The van der Waals surface area contributed by atoms with Gasteiger partial charge in [0.05, 0.1) is 24.1 Å². The molecule has 2 aromatic heterocycles. The largest absolute Gasteiger partial charge is 0.358 e. The Kier molecular flexibility index (Phi) is 2.89. The standard InChI is InChI=1S/C16H15N5O/c1-2-21-14(22)9-18-15-16(21)20-13(8-17-15)12-7-6-10-4-3-5-11(10)19-12/h3,5-8H,2,4,9H2,1H3,(H,17,18). The third-order valence-electron chi connectivity index (χ3n) is 3.92. The van der Waals surface area contributed by atoms with Crippen molar-refractivity contribution in [3.8, 4) is 11.4 Å². The van der Waals surface area contributed by atoms with Crippen LogP contribution in [0.25, 0.3) is 17.5 Å². The first-order valence-electron chi connectivity index (χ1n) is 7.34. The zero-order chi connectivity index (χ0) is 15.1. The molecule has 6 nitrogen and oxygen atoms in total. The normalized spacial score (nSPS) is 15.5. The van der Waals surface area contributed by atoms with E-state index in [1.165, 1.54) is 5.56 Å². The van der Waals surface area contributed by atoms with Crippen molar-refractivity contribution >= 4 is 23.6 Å². The highest BCUT2D eigenvalue weighted by atomic mass is 16.2. The number of nitrogens with one attached hydrogen (secondary N) is 1. The van der Waals surface area contributed by atoms with Gasteiger partial charge in [-0.2, -0.15) is 0 Å². The predicted molar refractivity (Wildman–Crippen MR) is 84.5 cm³/mol. The number of amides is 1. The molecule has 0 unspecified atom stereocenters. The van der Waals surface area contributed by atoms with E-state index in [4.69, 9.17) is 0 Å². The van der Waals surface area contributed by atoms with Crippen molar-refractivity contribution < 1.29 is 4.79 Å². The van der Waals surface area contributed by atoms with Crippen LogP contribution < -0.4 is 10.2 Å². The molecule has 1 aliphatic carbocycles. The molecule has 2 aromatic rings. The van der Waals surface area contributed by atoms with Crippen molar-refractivity contribution in [2.75, 3.05) is 23.3 Å². The minimum absolute atomic E-state index is 0.00583. The number of carbonyl (C=O) groups excluding carboxylic acids is 1. The van der Waals surface area contributed by atoms with Crippen molar-refractivity contribution in [1.82, 2.24) is 15.0 Å². The maximum Gasteiger partial charge on any atom is 0.247 e. The monoisotopic (exact) mass is 293 g/mol. The van der Waals surface area contributed by atoms with E-state index in [0.29, 0.717) is 23.9 Å². The topological polar surface area (TPSA) is 71.0 Å². The second kappa shape index (κ2) is 4.91. The van der Waals surface area contributed by atoms with Crippen molar-refractivity contribution in [3.05, 3.63) is 35.7 Å². The molecule has 0 spiro atoms. The summed E-state index contributed by atoms with van der Waals surface area (Å²) in [5.74, 6) is 1.23. The van der Waals surface area contributed by atoms with Crippen LogP contribution in [0.3, 0.4) is 0 Å². The highest BCUT2D eigenvalue weighted by Gasteiger charge is 2.25. The van der Waals surface area contributed by atoms with Gasteiger partial charge in [-0.15, -0.1) is 0 Å². The van der Waals surface area contributed by atoms with E-state index in [-0.39, 0.29) is 12.5 Å². The number of allylic oxidation sites excluding steroid dienone is 1. The number of rotatable bonds is 2. The van der Waals surface area contributed by atoms with Gasteiger partial charge < -0.3 is 5.32 Å². The van der Waals surface area contributed by atoms with Crippen LogP contribution in [0.5, 0.6) is 0 Å². The summed E-state index contributed by atoms with van der Waals surface area (Å²) in [6.45, 7) is 2.77. The highest BCUT2D eigenvalue weighted by molar-refractivity contribution is 6.00. The van der Waals surface area contributed by atoms with Gasteiger partial charge in [-0.3, -0.25) is 9.69 Å². The van der Waals surface area contributed by atoms with Gasteiger partial charge in [-0.1, -0.05) is 12.1 Å². The molecule has 0 radical (unpaired) electrons. The Morgan fingerprint density at radius 1 is 1.27 bits per heavy atom. The minimum atomic E-state index is 0.00583. The third-order valence-corrected chi connectivity index (χ3v) is 3.92. The maximum absolute atomic E-state index is 12.0. The average Bonchev–Trinajstić information content (AvgIpc) is 3.01. The number of anilines is 2.